The lowest BCUT2D eigenvalue weighted by molar-refractivity contribution is 0.0609. The number of rotatable bonds is 4. The summed E-state index contributed by atoms with van der Waals surface area (Å²) in [6.45, 7) is 0.676. The van der Waals surface area contributed by atoms with E-state index in [4.69, 9.17) is 5.73 Å². The van der Waals surface area contributed by atoms with E-state index in [1.807, 2.05) is 24.2 Å². The lowest BCUT2D eigenvalue weighted by Gasteiger charge is -2.37. The summed E-state index contributed by atoms with van der Waals surface area (Å²) in [5, 5.41) is 0. The van der Waals surface area contributed by atoms with Crippen LogP contribution in [0.15, 0.2) is 16.7 Å². The molecule has 2 aliphatic rings. The lowest BCUT2D eigenvalue weighted by Crippen LogP contribution is -2.46. The molecule has 1 heterocycles. The predicted octanol–water partition coefficient (Wildman–Crippen LogP) is 3.18. The molecule has 1 aromatic rings. The van der Waals surface area contributed by atoms with Crippen LogP contribution >= 0.6 is 15.9 Å². The van der Waals surface area contributed by atoms with E-state index in [2.05, 4.69) is 20.5 Å². The van der Waals surface area contributed by atoms with Crippen LogP contribution < -0.4 is 5.73 Å². The summed E-state index contributed by atoms with van der Waals surface area (Å²) < 4.78 is 3.13. The summed E-state index contributed by atoms with van der Waals surface area (Å²) in [7, 11) is 1.94. The molecule has 1 amide bonds. The van der Waals surface area contributed by atoms with Crippen LogP contribution in [0.25, 0.3) is 0 Å². The van der Waals surface area contributed by atoms with Crippen LogP contribution in [-0.2, 0) is 0 Å². The van der Waals surface area contributed by atoms with Crippen molar-refractivity contribution in [3.05, 3.63) is 22.4 Å². The van der Waals surface area contributed by atoms with Crippen molar-refractivity contribution in [3.8, 4) is 0 Å². The van der Waals surface area contributed by atoms with Gasteiger partial charge in [-0.15, -0.1) is 0 Å². The molecule has 116 valence electrons. The topological polar surface area (TPSA) is 51.3 Å². The van der Waals surface area contributed by atoms with E-state index < -0.39 is 0 Å². The van der Waals surface area contributed by atoms with Crippen LogP contribution in [-0.4, -0.2) is 35.0 Å². The maximum absolute atomic E-state index is 12.9. The average molecular weight is 354 g/mol. The van der Waals surface area contributed by atoms with Gasteiger partial charge in [-0.25, -0.2) is 0 Å². The first kappa shape index (κ1) is 15.1. The Morgan fingerprint density at radius 2 is 2.10 bits per heavy atom. The van der Waals surface area contributed by atoms with Gasteiger partial charge in [-0.05, 0) is 60.1 Å². The van der Waals surface area contributed by atoms with Crippen LogP contribution in [0.5, 0.6) is 0 Å². The number of aromatic nitrogens is 1. The summed E-state index contributed by atoms with van der Waals surface area (Å²) in [6, 6.07) is 2.76. The van der Waals surface area contributed by atoms with E-state index in [1.165, 1.54) is 25.7 Å². The molecular formula is C16H24BrN3O. The molecule has 1 aromatic heterocycles. The van der Waals surface area contributed by atoms with Gasteiger partial charge in [0.15, 0.2) is 0 Å². The van der Waals surface area contributed by atoms with Gasteiger partial charge in [-0.2, -0.15) is 0 Å². The number of carbonyl (C=O) groups excluding carboxylic acids is 1. The summed E-state index contributed by atoms with van der Waals surface area (Å²) >= 11 is 3.51. The molecule has 2 aliphatic carbocycles. The molecule has 0 radical (unpaired) electrons. The van der Waals surface area contributed by atoms with Crippen molar-refractivity contribution < 1.29 is 4.79 Å². The maximum atomic E-state index is 12.9. The molecule has 2 atom stereocenters. The standard InChI is InChI=1S/C16H24BrN3O/c1-19(14-5-3-2-4-11(14)9-18)16(21)15-8-12(17)10-20(15)13-6-7-13/h8,10-11,13-14H,2-7,9,18H2,1H3. The zero-order valence-electron chi connectivity index (χ0n) is 12.6. The first-order valence-electron chi connectivity index (χ1n) is 7.96. The van der Waals surface area contributed by atoms with Gasteiger partial charge in [0.05, 0.1) is 0 Å². The molecule has 21 heavy (non-hydrogen) atoms. The minimum absolute atomic E-state index is 0.137. The molecule has 4 nitrogen and oxygen atoms in total. The summed E-state index contributed by atoms with van der Waals surface area (Å²) in [5.41, 5.74) is 6.73. The molecule has 2 fully saturated rings. The number of nitrogens with zero attached hydrogens (tertiary/aromatic N) is 2. The van der Waals surface area contributed by atoms with Gasteiger partial charge >= 0.3 is 0 Å². The number of nitrogens with two attached hydrogens (primary N) is 1. The molecule has 0 aromatic carbocycles. The van der Waals surface area contributed by atoms with Crippen molar-refractivity contribution in [3.63, 3.8) is 0 Å². The highest BCUT2D eigenvalue weighted by Gasteiger charge is 2.33. The largest absolute Gasteiger partial charge is 0.339 e. The Balaban J connectivity index is 1.80. The third-order valence-electron chi connectivity index (χ3n) is 4.96. The Morgan fingerprint density at radius 1 is 1.38 bits per heavy atom. The molecule has 2 N–H and O–H groups in total. The number of hydrogen-bond acceptors (Lipinski definition) is 2. The van der Waals surface area contributed by atoms with Gasteiger partial charge in [0.25, 0.3) is 5.91 Å². The second-order valence-corrected chi connectivity index (χ2v) is 7.36. The smallest absolute Gasteiger partial charge is 0.270 e. The molecule has 0 spiro atoms. The number of halogens is 1. The van der Waals surface area contributed by atoms with E-state index >= 15 is 0 Å². The summed E-state index contributed by atoms with van der Waals surface area (Å²) in [6.07, 6.45) is 9.07. The molecular weight excluding hydrogens is 330 g/mol. The monoisotopic (exact) mass is 353 g/mol. The van der Waals surface area contributed by atoms with Gasteiger partial charge in [0.2, 0.25) is 0 Å². The highest BCUT2D eigenvalue weighted by Crippen LogP contribution is 2.38. The first-order chi connectivity index (χ1) is 10.1. The quantitative estimate of drug-likeness (QED) is 0.903. The predicted molar refractivity (Wildman–Crippen MR) is 87.3 cm³/mol. The lowest BCUT2D eigenvalue weighted by atomic mass is 9.83. The zero-order chi connectivity index (χ0) is 15.0. The Kier molecular flexibility index (Phi) is 4.41. The fraction of sp³-hybridized carbons (Fsp3) is 0.688. The normalized spacial score (nSPS) is 25.9. The van der Waals surface area contributed by atoms with Gasteiger partial charge in [0, 0.05) is 29.8 Å². The Bertz CT molecular complexity index is 524. The van der Waals surface area contributed by atoms with Gasteiger partial charge in [-0.3, -0.25) is 4.79 Å². The Labute approximate surface area is 134 Å². The van der Waals surface area contributed by atoms with E-state index in [-0.39, 0.29) is 11.9 Å². The van der Waals surface area contributed by atoms with Crippen LogP contribution in [0.1, 0.15) is 55.1 Å². The number of amides is 1. The SMILES string of the molecule is CN(C(=O)c1cc(Br)cn1C1CC1)C1CCCCC1CN. The highest BCUT2D eigenvalue weighted by atomic mass is 79.9. The van der Waals surface area contributed by atoms with Crippen LogP contribution in [0.3, 0.4) is 0 Å². The molecule has 2 saturated carbocycles. The Hall–Kier alpha value is -0.810. The zero-order valence-corrected chi connectivity index (χ0v) is 14.2. The van der Waals surface area contributed by atoms with Gasteiger partial charge in [-0.1, -0.05) is 12.8 Å². The van der Waals surface area contributed by atoms with Crippen LogP contribution in [0.4, 0.5) is 0 Å². The van der Waals surface area contributed by atoms with E-state index in [0.717, 1.165) is 23.0 Å². The number of carbonyl (C=O) groups is 1. The molecule has 0 aliphatic heterocycles. The second-order valence-electron chi connectivity index (χ2n) is 6.45. The molecule has 5 heteroatoms. The van der Waals surface area contributed by atoms with Crippen LogP contribution in [0.2, 0.25) is 0 Å². The summed E-state index contributed by atoms with van der Waals surface area (Å²) in [5.74, 6) is 0.582. The molecule has 3 rings (SSSR count). The van der Waals surface area contributed by atoms with E-state index in [0.29, 0.717) is 18.5 Å². The van der Waals surface area contributed by atoms with Crippen LogP contribution in [0, 0.1) is 5.92 Å². The third-order valence-corrected chi connectivity index (χ3v) is 5.40. The summed E-state index contributed by atoms with van der Waals surface area (Å²) in [4.78, 5) is 14.9. The third kappa shape index (κ3) is 3.04. The second kappa shape index (κ2) is 6.13. The van der Waals surface area contributed by atoms with Gasteiger partial charge in [0.1, 0.15) is 5.69 Å². The molecule has 0 bridgehead atoms. The van der Waals surface area contributed by atoms with E-state index in [9.17, 15) is 4.79 Å². The fourth-order valence-electron chi connectivity index (χ4n) is 3.58. The van der Waals surface area contributed by atoms with Crippen molar-refractivity contribution in [2.24, 2.45) is 11.7 Å². The van der Waals surface area contributed by atoms with Crippen molar-refractivity contribution in [2.45, 2.75) is 50.6 Å². The first-order valence-corrected chi connectivity index (χ1v) is 8.75. The average Bonchev–Trinajstić information content (AvgIpc) is 3.28. The minimum atomic E-state index is 0.137. The fourth-order valence-corrected chi connectivity index (χ4v) is 4.01. The van der Waals surface area contributed by atoms with Crippen molar-refractivity contribution in [2.75, 3.05) is 13.6 Å². The molecule has 2 unspecified atom stereocenters. The van der Waals surface area contributed by atoms with Crippen molar-refractivity contribution >= 4 is 21.8 Å². The highest BCUT2D eigenvalue weighted by molar-refractivity contribution is 9.10. The van der Waals surface area contributed by atoms with Crippen molar-refractivity contribution in [1.82, 2.24) is 9.47 Å². The minimum Gasteiger partial charge on any atom is -0.339 e. The van der Waals surface area contributed by atoms with E-state index in [1.54, 1.807) is 0 Å². The molecule has 0 saturated heterocycles. The van der Waals surface area contributed by atoms with Crippen molar-refractivity contribution in [1.29, 1.82) is 0 Å². The van der Waals surface area contributed by atoms with Gasteiger partial charge < -0.3 is 15.2 Å². The maximum Gasteiger partial charge on any atom is 0.270 e. The number of hydrogen-bond donors (Lipinski definition) is 1. The Morgan fingerprint density at radius 3 is 2.76 bits per heavy atom.